The standard InChI is InChI=1S/C24H22BrN5O/c1-17-21(24(31)29-13-11-28(12-14-29)20-5-3-2-4-6-20)15-26-23-22(16-27-30(17)23)18-7-9-19(25)10-8-18/h2-10,15-16H,11-14H2,1H3. The van der Waals surface area contributed by atoms with Gasteiger partial charge in [0.15, 0.2) is 5.65 Å². The number of anilines is 1. The van der Waals surface area contributed by atoms with Crippen LogP contribution in [0.5, 0.6) is 0 Å². The van der Waals surface area contributed by atoms with Gasteiger partial charge < -0.3 is 9.80 Å². The fourth-order valence-corrected chi connectivity index (χ4v) is 4.33. The summed E-state index contributed by atoms with van der Waals surface area (Å²) in [6.45, 7) is 4.95. The van der Waals surface area contributed by atoms with Crippen LogP contribution in [0.1, 0.15) is 16.1 Å². The summed E-state index contributed by atoms with van der Waals surface area (Å²) >= 11 is 3.47. The Hall–Kier alpha value is -3.19. The van der Waals surface area contributed by atoms with E-state index in [4.69, 9.17) is 0 Å². The summed E-state index contributed by atoms with van der Waals surface area (Å²) in [7, 11) is 0. The molecule has 1 aliphatic heterocycles. The molecular formula is C24H22BrN5O. The fourth-order valence-electron chi connectivity index (χ4n) is 4.06. The van der Waals surface area contributed by atoms with E-state index in [1.807, 2.05) is 60.5 Å². The number of carbonyl (C=O) groups excluding carboxylic acids is 1. The lowest BCUT2D eigenvalue weighted by molar-refractivity contribution is 0.0745. The van der Waals surface area contributed by atoms with Crippen LogP contribution in [0.3, 0.4) is 0 Å². The van der Waals surface area contributed by atoms with Gasteiger partial charge >= 0.3 is 0 Å². The van der Waals surface area contributed by atoms with Gasteiger partial charge in [-0.15, -0.1) is 0 Å². The summed E-state index contributed by atoms with van der Waals surface area (Å²) in [5.41, 5.74) is 5.36. The predicted octanol–water partition coefficient (Wildman–Crippen LogP) is 4.43. The van der Waals surface area contributed by atoms with Crippen molar-refractivity contribution in [3.63, 3.8) is 0 Å². The van der Waals surface area contributed by atoms with Gasteiger partial charge in [0, 0.05) is 48.1 Å². The van der Waals surface area contributed by atoms with Gasteiger partial charge in [0.1, 0.15) is 0 Å². The molecule has 6 nitrogen and oxygen atoms in total. The van der Waals surface area contributed by atoms with Gasteiger partial charge in [-0.3, -0.25) is 4.79 Å². The minimum absolute atomic E-state index is 0.0142. The van der Waals surface area contributed by atoms with Gasteiger partial charge in [0.25, 0.3) is 5.91 Å². The van der Waals surface area contributed by atoms with Crippen molar-refractivity contribution in [2.75, 3.05) is 31.1 Å². The number of hydrogen-bond acceptors (Lipinski definition) is 4. The molecular weight excluding hydrogens is 454 g/mol. The third-order valence-corrected chi connectivity index (χ3v) is 6.37. The molecule has 7 heteroatoms. The summed E-state index contributed by atoms with van der Waals surface area (Å²) < 4.78 is 2.79. The van der Waals surface area contributed by atoms with Gasteiger partial charge in [-0.25, -0.2) is 9.50 Å². The molecule has 2 aromatic carbocycles. The Kier molecular flexibility index (Phi) is 5.19. The van der Waals surface area contributed by atoms with E-state index < -0.39 is 0 Å². The van der Waals surface area contributed by atoms with E-state index in [1.54, 1.807) is 10.7 Å². The van der Waals surface area contributed by atoms with E-state index in [2.05, 4.69) is 43.0 Å². The summed E-state index contributed by atoms with van der Waals surface area (Å²) in [6.07, 6.45) is 3.51. The number of piperazine rings is 1. The Morgan fingerprint density at radius 3 is 2.35 bits per heavy atom. The Balaban J connectivity index is 1.37. The first-order valence-electron chi connectivity index (χ1n) is 10.3. The molecule has 1 fully saturated rings. The van der Waals surface area contributed by atoms with Crippen LogP contribution in [0.4, 0.5) is 5.69 Å². The maximum Gasteiger partial charge on any atom is 0.257 e. The molecule has 156 valence electrons. The van der Waals surface area contributed by atoms with E-state index in [0.29, 0.717) is 18.7 Å². The lowest BCUT2D eigenvalue weighted by Gasteiger charge is -2.36. The quantitative estimate of drug-likeness (QED) is 0.439. The number of carbonyl (C=O) groups is 1. The van der Waals surface area contributed by atoms with Crippen molar-refractivity contribution in [1.82, 2.24) is 19.5 Å². The van der Waals surface area contributed by atoms with Crippen LogP contribution in [0.15, 0.2) is 71.5 Å². The lowest BCUT2D eigenvalue weighted by Crippen LogP contribution is -2.49. The first-order valence-corrected chi connectivity index (χ1v) is 11.1. The molecule has 0 atom stereocenters. The SMILES string of the molecule is Cc1c(C(=O)N2CCN(c3ccccc3)CC2)cnc2c(-c3ccc(Br)cc3)cnn12. The van der Waals surface area contributed by atoms with Gasteiger partial charge in [-0.05, 0) is 36.8 Å². The predicted molar refractivity (Wildman–Crippen MR) is 125 cm³/mol. The third kappa shape index (κ3) is 3.70. The summed E-state index contributed by atoms with van der Waals surface area (Å²) in [6, 6.07) is 18.4. The highest BCUT2D eigenvalue weighted by Gasteiger charge is 2.25. The Bertz CT molecular complexity index is 1230. The number of benzene rings is 2. The van der Waals surface area contributed by atoms with Crippen molar-refractivity contribution >= 4 is 33.2 Å². The Morgan fingerprint density at radius 2 is 1.65 bits per heavy atom. The molecule has 0 radical (unpaired) electrons. The molecule has 1 aliphatic rings. The summed E-state index contributed by atoms with van der Waals surface area (Å²) in [5.74, 6) is 0.0142. The van der Waals surface area contributed by atoms with Crippen molar-refractivity contribution in [3.8, 4) is 11.1 Å². The number of rotatable bonds is 3. The summed E-state index contributed by atoms with van der Waals surface area (Å²) in [5, 5.41) is 4.52. The summed E-state index contributed by atoms with van der Waals surface area (Å²) in [4.78, 5) is 22.1. The molecule has 0 unspecified atom stereocenters. The zero-order valence-corrected chi connectivity index (χ0v) is 18.8. The molecule has 1 amide bonds. The molecule has 3 heterocycles. The first-order chi connectivity index (χ1) is 15.1. The molecule has 1 saturated heterocycles. The number of aryl methyl sites for hydroxylation is 1. The number of halogens is 1. The Labute approximate surface area is 189 Å². The fraction of sp³-hybridized carbons (Fsp3) is 0.208. The highest BCUT2D eigenvalue weighted by molar-refractivity contribution is 9.10. The maximum absolute atomic E-state index is 13.2. The van der Waals surface area contributed by atoms with E-state index in [-0.39, 0.29) is 5.91 Å². The molecule has 4 aromatic rings. The highest BCUT2D eigenvalue weighted by Crippen LogP contribution is 2.26. The lowest BCUT2D eigenvalue weighted by atomic mass is 10.1. The van der Waals surface area contributed by atoms with E-state index in [0.717, 1.165) is 40.0 Å². The van der Waals surface area contributed by atoms with Gasteiger partial charge in [0.2, 0.25) is 0 Å². The topological polar surface area (TPSA) is 53.7 Å². The van der Waals surface area contributed by atoms with Crippen molar-refractivity contribution in [3.05, 3.63) is 82.7 Å². The van der Waals surface area contributed by atoms with E-state index in [1.165, 1.54) is 5.69 Å². The second-order valence-corrected chi connectivity index (χ2v) is 8.59. The number of nitrogens with zero attached hydrogens (tertiary/aromatic N) is 5. The van der Waals surface area contributed by atoms with Crippen LogP contribution in [0, 0.1) is 6.92 Å². The van der Waals surface area contributed by atoms with E-state index in [9.17, 15) is 4.79 Å². The Morgan fingerprint density at radius 1 is 0.935 bits per heavy atom. The van der Waals surface area contributed by atoms with E-state index >= 15 is 0 Å². The molecule has 0 aliphatic carbocycles. The zero-order valence-electron chi connectivity index (χ0n) is 17.2. The van der Waals surface area contributed by atoms with Crippen LogP contribution >= 0.6 is 15.9 Å². The number of aromatic nitrogens is 3. The molecule has 5 rings (SSSR count). The minimum Gasteiger partial charge on any atom is -0.368 e. The monoisotopic (exact) mass is 475 g/mol. The van der Waals surface area contributed by atoms with Crippen LogP contribution in [0.25, 0.3) is 16.8 Å². The number of fused-ring (bicyclic) bond motifs is 1. The van der Waals surface area contributed by atoms with Gasteiger partial charge in [-0.1, -0.05) is 46.3 Å². The number of amides is 1. The molecule has 2 aromatic heterocycles. The second kappa shape index (κ2) is 8.15. The largest absolute Gasteiger partial charge is 0.368 e. The average molecular weight is 476 g/mol. The molecule has 0 spiro atoms. The van der Waals surface area contributed by atoms with Crippen molar-refractivity contribution in [2.24, 2.45) is 0 Å². The normalized spacial score (nSPS) is 14.3. The molecule has 0 bridgehead atoms. The van der Waals surface area contributed by atoms with Gasteiger partial charge in [-0.2, -0.15) is 5.10 Å². The average Bonchev–Trinajstić information content (AvgIpc) is 3.25. The third-order valence-electron chi connectivity index (χ3n) is 5.84. The van der Waals surface area contributed by atoms with Crippen molar-refractivity contribution in [2.45, 2.75) is 6.92 Å². The van der Waals surface area contributed by atoms with Crippen LogP contribution in [-0.2, 0) is 0 Å². The minimum atomic E-state index is 0.0142. The van der Waals surface area contributed by atoms with Crippen LogP contribution < -0.4 is 4.90 Å². The van der Waals surface area contributed by atoms with Gasteiger partial charge in [0.05, 0.1) is 17.5 Å². The number of para-hydroxylation sites is 1. The van der Waals surface area contributed by atoms with Crippen molar-refractivity contribution in [1.29, 1.82) is 0 Å². The zero-order chi connectivity index (χ0) is 21.4. The first kappa shape index (κ1) is 19.8. The molecule has 0 N–H and O–H groups in total. The van der Waals surface area contributed by atoms with Crippen LogP contribution in [-0.4, -0.2) is 51.6 Å². The highest BCUT2D eigenvalue weighted by atomic mass is 79.9. The number of hydrogen-bond donors (Lipinski definition) is 0. The maximum atomic E-state index is 13.2. The van der Waals surface area contributed by atoms with Crippen molar-refractivity contribution < 1.29 is 4.79 Å². The smallest absolute Gasteiger partial charge is 0.257 e. The van der Waals surface area contributed by atoms with Crippen LogP contribution in [0.2, 0.25) is 0 Å². The molecule has 31 heavy (non-hydrogen) atoms. The second-order valence-electron chi connectivity index (χ2n) is 7.67. The molecule has 0 saturated carbocycles.